The smallest absolute Gasteiger partial charge is 0.309 e. The zero-order valence-electron chi connectivity index (χ0n) is 7.74. The molecule has 3 heteroatoms. The molecule has 0 radical (unpaired) electrons. The van der Waals surface area contributed by atoms with Crippen molar-refractivity contribution in [3.05, 3.63) is 29.8 Å². The fraction of sp³-hybridized carbons (Fsp3) is 0.300. The van der Waals surface area contributed by atoms with E-state index in [0.717, 1.165) is 5.56 Å². The Morgan fingerprint density at radius 1 is 1.54 bits per heavy atom. The van der Waals surface area contributed by atoms with Gasteiger partial charge in [-0.25, -0.2) is 0 Å². The van der Waals surface area contributed by atoms with Crippen molar-refractivity contribution < 1.29 is 9.53 Å². The predicted molar refractivity (Wildman–Crippen MR) is 53.9 cm³/mol. The molecule has 2 nitrogen and oxygen atoms in total. The Balaban J connectivity index is 2.71. The third-order valence-electron chi connectivity index (χ3n) is 1.71. The van der Waals surface area contributed by atoms with Crippen LogP contribution in [0.25, 0.3) is 0 Å². The SMILES string of the molecule is COC(=O)Cc1cccc(SC)c1. The quantitative estimate of drug-likeness (QED) is 0.547. The monoisotopic (exact) mass is 196 g/mol. The van der Waals surface area contributed by atoms with Crippen molar-refractivity contribution in [2.24, 2.45) is 0 Å². The fourth-order valence-corrected chi connectivity index (χ4v) is 1.51. The lowest BCUT2D eigenvalue weighted by atomic mass is 10.1. The topological polar surface area (TPSA) is 26.3 Å². The van der Waals surface area contributed by atoms with Crippen LogP contribution in [0.5, 0.6) is 0 Å². The molecule has 1 rings (SSSR count). The van der Waals surface area contributed by atoms with Gasteiger partial charge >= 0.3 is 5.97 Å². The Hall–Kier alpha value is -0.960. The maximum Gasteiger partial charge on any atom is 0.309 e. The average Bonchev–Trinajstić information content (AvgIpc) is 2.18. The van der Waals surface area contributed by atoms with E-state index in [1.54, 1.807) is 11.8 Å². The van der Waals surface area contributed by atoms with Gasteiger partial charge in [-0.05, 0) is 24.0 Å². The van der Waals surface area contributed by atoms with E-state index in [2.05, 4.69) is 4.74 Å². The van der Waals surface area contributed by atoms with Crippen molar-refractivity contribution in [3.8, 4) is 0 Å². The maximum atomic E-state index is 11.0. The van der Waals surface area contributed by atoms with Gasteiger partial charge < -0.3 is 4.74 Å². The number of thioether (sulfide) groups is 1. The van der Waals surface area contributed by atoms with E-state index in [1.807, 2.05) is 30.5 Å². The zero-order chi connectivity index (χ0) is 9.68. The van der Waals surface area contributed by atoms with Gasteiger partial charge in [0.2, 0.25) is 0 Å². The van der Waals surface area contributed by atoms with E-state index in [4.69, 9.17) is 0 Å². The van der Waals surface area contributed by atoms with Gasteiger partial charge in [0.25, 0.3) is 0 Å². The molecule has 0 fully saturated rings. The summed E-state index contributed by atoms with van der Waals surface area (Å²) in [6.07, 6.45) is 2.36. The van der Waals surface area contributed by atoms with Crippen LogP contribution >= 0.6 is 11.8 Å². The fourth-order valence-electron chi connectivity index (χ4n) is 1.02. The number of hydrogen-bond donors (Lipinski definition) is 0. The first-order valence-electron chi connectivity index (χ1n) is 3.96. The minimum atomic E-state index is -0.196. The molecular weight excluding hydrogens is 184 g/mol. The van der Waals surface area contributed by atoms with Gasteiger partial charge in [0.15, 0.2) is 0 Å². The van der Waals surface area contributed by atoms with Gasteiger partial charge in [-0.1, -0.05) is 12.1 Å². The van der Waals surface area contributed by atoms with E-state index in [9.17, 15) is 4.79 Å². The van der Waals surface area contributed by atoms with Gasteiger partial charge in [0.1, 0.15) is 0 Å². The molecule has 70 valence electrons. The second kappa shape index (κ2) is 4.92. The maximum absolute atomic E-state index is 11.0. The lowest BCUT2D eigenvalue weighted by molar-refractivity contribution is -0.139. The molecule has 0 saturated carbocycles. The highest BCUT2D eigenvalue weighted by atomic mass is 32.2. The van der Waals surface area contributed by atoms with Crippen molar-refractivity contribution in [1.29, 1.82) is 0 Å². The van der Waals surface area contributed by atoms with E-state index >= 15 is 0 Å². The number of ether oxygens (including phenoxy) is 1. The number of benzene rings is 1. The Labute approximate surface area is 82.3 Å². The highest BCUT2D eigenvalue weighted by molar-refractivity contribution is 7.98. The molecule has 0 spiro atoms. The summed E-state index contributed by atoms with van der Waals surface area (Å²) in [7, 11) is 1.40. The number of esters is 1. The van der Waals surface area contributed by atoms with Crippen LogP contribution in [0.2, 0.25) is 0 Å². The second-order valence-corrected chi connectivity index (χ2v) is 3.48. The molecule has 0 unspecified atom stereocenters. The number of carbonyl (C=O) groups excluding carboxylic acids is 1. The number of hydrogen-bond acceptors (Lipinski definition) is 3. The van der Waals surface area contributed by atoms with Gasteiger partial charge in [-0.2, -0.15) is 0 Å². The summed E-state index contributed by atoms with van der Waals surface area (Å²) in [5.74, 6) is -0.196. The number of rotatable bonds is 3. The Morgan fingerprint density at radius 2 is 2.31 bits per heavy atom. The molecular formula is C10H12O2S. The van der Waals surface area contributed by atoms with Crippen molar-refractivity contribution >= 4 is 17.7 Å². The third-order valence-corrected chi connectivity index (χ3v) is 2.44. The summed E-state index contributed by atoms with van der Waals surface area (Å²) < 4.78 is 4.58. The first-order valence-corrected chi connectivity index (χ1v) is 5.18. The van der Waals surface area contributed by atoms with Crippen LogP contribution in [0.15, 0.2) is 29.2 Å². The lowest BCUT2D eigenvalue weighted by Gasteiger charge is -2.01. The van der Waals surface area contributed by atoms with Crippen LogP contribution in [0.3, 0.4) is 0 Å². The van der Waals surface area contributed by atoms with Gasteiger partial charge in [0, 0.05) is 4.90 Å². The van der Waals surface area contributed by atoms with E-state index in [-0.39, 0.29) is 5.97 Å². The van der Waals surface area contributed by atoms with Gasteiger partial charge in [-0.3, -0.25) is 4.79 Å². The minimum absolute atomic E-state index is 0.196. The zero-order valence-corrected chi connectivity index (χ0v) is 8.56. The minimum Gasteiger partial charge on any atom is -0.469 e. The number of methoxy groups -OCH3 is 1. The van der Waals surface area contributed by atoms with Crippen molar-refractivity contribution in [2.75, 3.05) is 13.4 Å². The molecule has 0 aliphatic carbocycles. The molecule has 0 N–H and O–H groups in total. The summed E-state index contributed by atoms with van der Waals surface area (Å²) in [5, 5.41) is 0. The van der Waals surface area contributed by atoms with Crippen molar-refractivity contribution in [2.45, 2.75) is 11.3 Å². The molecule has 0 bridgehead atoms. The summed E-state index contributed by atoms with van der Waals surface area (Å²) in [6.45, 7) is 0. The Morgan fingerprint density at radius 3 is 2.92 bits per heavy atom. The number of carbonyl (C=O) groups is 1. The van der Waals surface area contributed by atoms with Crippen LogP contribution in [-0.2, 0) is 16.0 Å². The molecule has 0 amide bonds. The van der Waals surface area contributed by atoms with Crippen LogP contribution in [0.4, 0.5) is 0 Å². The van der Waals surface area contributed by atoms with Crippen molar-refractivity contribution in [1.82, 2.24) is 0 Å². The normalized spacial score (nSPS) is 9.69. The van der Waals surface area contributed by atoms with Crippen LogP contribution in [-0.4, -0.2) is 19.3 Å². The molecule has 0 heterocycles. The molecule has 0 aromatic heterocycles. The summed E-state index contributed by atoms with van der Waals surface area (Å²) in [6, 6.07) is 7.90. The van der Waals surface area contributed by atoms with Crippen LogP contribution in [0.1, 0.15) is 5.56 Å². The first kappa shape index (κ1) is 10.1. The van der Waals surface area contributed by atoms with Gasteiger partial charge in [0.05, 0.1) is 13.5 Å². The second-order valence-electron chi connectivity index (χ2n) is 2.60. The third kappa shape index (κ3) is 3.11. The van der Waals surface area contributed by atoms with Crippen molar-refractivity contribution in [3.63, 3.8) is 0 Å². The standard InChI is InChI=1S/C10H12O2S/c1-12-10(11)7-8-4-3-5-9(6-8)13-2/h3-6H,7H2,1-2H3. The van der Waals surface area contributed by atoms with Gasteiger partial charge in [-0.15, -0.1) is 11.8 Å². The largest absolute Gasteiger partial charge is 0.469 e. The van der Waals surface area contributed by atoms with Crippen LogP contribution in [0, 0.1) is 0 Å². The Bertz CT molecular complexity index is 297. The van der Waals surface area contributed by atoms with Crippen LogP contribution < -0.4 is 0 Å². The predicted octanol–water partition coefficient (Wildman–Crippen LogP) is 2.12. The highest BCUT2D eigenvalue weighted by Gasteiger charge is 2.02. The summed E-state index contributed by atoms with van der Waals surface area (Å²) in [5.41, 5.74) is 0.999. The molecule has 0 saturated heterocycles. The summed E-state index contributed by atoms with van der Waals surface area (Å²) in [4.78, 5) is 12.1. The van der Waals surface area contributed by atoms with E-state index in [0.29, 0.717) is 6.42 Å². The van der Waals surface area contributed by atoms with E-state index in [1.165, 1.54) is 12.0 Å². The first-order chi connectivity index (χ1) is 6.26. The average molecular weight is 196 g/mol. The lowest BCUT2D eigenvalue weighted by Crippen LogP contribution is -2.04. The van der Waals surface area contributed by atoms with E-state index < -0.39 is 0 Å². The highest BCUT2D eigenvalue weighted by Crippen LogP contribution is 2.16. The molecule has 0 aliphatic heterocycles. The summed E-state index contributed by atoms with van der Waals surface area (Å²) >= 11 is 1.67. The molecule has 1 aromatic carbocycles. The molecule has 13 heavy (non-hydrogen) atoms. The molecule has 0 aliphatic rings. The molecule has 1 aromatic rings. The Kier molecular flexibility index (Phi) is 3.83. The molecule has 0 atom stereocenters.